The van der Waals surface area contributed by atoms with Crippen LogP contribution < -0.4 is 5.32 Å². The van der Waals surface area contributed by atoms with Gasteiger partial charge in [0.15, 0.2) is 0 Å². The number of hydrogen-bond donors (Lipinski definition) is 1. The van der Waals surface area contributed by atoms with Crippen molar-refractivity contribution in [1.29, 1.82) is 0 Å². The second-order valence-corrected chi connectivity index (χ2v) is 5.53. The molecule has 0 spiro atoms. The van der Waals surface area contributed by atoms with Crippen LogP contribution >= 0.6 is 11.6 Å². The van der Waals surface area contributed by atoms with Gasteiger partial charge in [0.25, 0.3) is 0 Å². The zero-order chi connectivity index (χ0) is 15.1. The first kappa shape index (κ1) is 16.1. The molecule has 0 atom stereocenters. The molecule has 1 aromatic heterocycles. The fraction of sp³-hybridized carbons (Fsp3) is 0.412. The van der Waals surface area contributed by atoms with Gasteiger partial charge in [0.2, 0.25) is 0 Å². The maximum atomic E-state index is 5.95. The summed E-state index contributed by atoms with van der Waals surface area (Å²) in [4.78, 5) is 0. The number of hydrogen-bond acceptors (Lipinski definition) is 3. The van der Waals surface area contributed by atoms with Crippen molar-refractivity contribution in [2.24, 2.45) is 0 Å². The molecular weight excluding hydrogens is 286 g/mol. The van der Waals surface area contributed by atoms with Crippen molar-refractivity contribution in [3.63, 3.8) is 0 Å². The molecule has 4 heteroatoms. The Kier molecular flexibility index (Phi) is 6.30. The largest absolute Gasteiger partial charge is 0.465 e. The van der Waals surface area contributed by atoms with E-state index in [0.717, 1.165) is 47.2 Å². The molecule has 1 aromatic carbocycles. The van der Waals surface area contributed by atoms with Gasteiger partial charge in [-0.2, -0.15) is 0 Å². The highest BCUT2D eigenvalue weighted by atomic mass is 35.5. The van der Waals surface area contributed by atoms with Crippen molar-refractivity contribution in [3.05, 3.63) is 58.0 Å². The Hall–Kier alpha value is -1.29. The predicted molar refractivity (Wildman–Crippen MR) is 85.4 cm³/mol. The maximum absolute atomic E-state index is 5.95. The summed E-state index contributed by atoms with van der Waals surface area (Å²) < 4.78 is 11.5. The molecule has 0 radical (unpaired) electrons. The normalized spacial score (nSPS) is 11.0. The zero-order valence-corrected chi connectivity index (χ0v) is 13.4. The van der Waals surface area contributed by atoms with Crippen LogP contribution in [0, 0.1) is 6.92 Å². The number of nitrogens with one attached hydrogen (secondary N) is 1. The molecule has 0 saturated carbocycles. The third kappa shape index (κ3) is 5.20. The van der Waals surface area contributed by atoms with Crippen LogP contribution in [-0.4, -0.2) is 6.54 Å². The fourth-order valence-corrected chi connectivity index (χ4v) is 2.32. The molecule has 1 N–H and O–H groups in total. The van der Waals surface area contributed by atoms with Crippen LogP contribution in [0.25, 0.3) is 0 Å². The first-order valence-corrected chi connectivity index (χ1v) is 7.68. The molecule has 0 aliphatic rings. The van der Waals surface area contributed by atoms with Crippen LogP contribution in [0.2, 0.25) is 5.02 Å². The number of aryl methyl sites for hydroxylation is 1. The maximum Gasteiger partial charge on any atom is 0.118 e. The van der Waals surface area contributed by atoms with Gasteiger partial charge < -0.3 is 14.5 Å². The number of furan rings is 1. The first-order valence-electron chi connectivity index (χ1n) is 7.30. The van der Waals surface area contributed by atoms with Gasteiger partial charge in [0, 0.05) is 10.6 Å². The van der Waals surface area contributed by atoms with E-state index in [1.165, 1.54) is 0 Å². The van der Waals surface area contributed by atoms with Crippen LogP contribution in [0.3, 0.4) is 0 Å². The topological polar surface area (TPSA) is 34.4 Å². The second-order valence-electron chi connectivity index (χ2n) is 5.09. The molecule has 0 bridgehead atoms. The number of rotatable bonds is 8. The molecule has 0 aliphatic heterocycles. The molecule has 0 amide bonds. The standard InChI is InChI=1S/C17H22ClNO2/c1-3-7-19-10-17-9-15(13(2)21-17)12-20-11-14-5-4-6-16(18)8-14/h4-6,8-9,19H,3,7,10-12H2,1-2H3. The van der Waals surface area contributed by atoms with Crippen molar-refractivity contribution >= 4 is 11.6 Å². The second kappa shape index (κ2) is 8.23. The highest BCUT2D eigenvalue weighted by Crippen LogP contribution is 2.17. The predicted octanol–water partition coefficient (Wildman–Crippen LogP) is 4.46. The van der Waals surface area contributed by atoms with Gasteiger partial charge in [0.05, 0.1) is 19.8 Å². The summed E-state index contributed by atoms with van der Waals surface area (Å²) in [5, 5.41) is 4.07. The average molecular weight is 308 g/mol. The Labute approximate surface area is 131 Å². The Morgan fingerprint density at radius 1 is 1.24 bits per heavy atom. The number of benzene rings is 1. The summed E-state index contributed by atoms with van der Waals surface area (Å²) in [5.41, 5.74) is 2.18. The van der Waals surface area contributed by atoms with E-state index in [0.29, 0.717) is 13.2 Å². The first-order chi connectivity index (χ1) is 10.2. The van der Waals surface area contributed by atoms with Gasteiger partial charge in [-0.15, -0.1) is 0 Å². The van der Waals surface area contributed by atoms with E-state index in [4.69, 9.17) is 20.8 Å². The summed E-state index contributed by atoms with van der Waals surface area (Å²) in [7, 11) is 0. The summed E-state index contributed by atoms with van der Waals surface area (Å²) in [6, 6.07) is 9.79. The van der Waals surface area contributed by atoms with E-state index in [2.05, 4.69) is 18.3 Å². The SMILES string of the molecule is CCCNCc1cc(COCc2cccc(Cl)c2)c(C)o1. The van der Waals surface area contributed by atoms with Crippen molar-refractivity contribution in [2.45, 2.75) is 40.0 Å². The smallest absolute Gasteiger partial charge is 0.118 e. The fourth-order valence-electron chi connectivity index (χ4n) is 2.11. The van der Waals surface area contributed by atoms with Crippen LogP contribution in [0.4, 0.5) is 0 Å². The van der Waals surface area contributed by atoms with Crippen molar-refractivity contribution in [2.75, 3.05) is 6.54 Å². The minimum Gasteiger partial charge on any atom is -0.465 e. The molecule has 0 fully saturated rings. The quantitative estimate of drug-likeness (QED) is 0.731. The molecule has 114 valence electrons. The third-order valence-corrected chi connectivity index (χ3v) is 3.45. The van der Waals surface area contributed by atoms with Gasteiger partial charge in [-0.25, -0.2) is 0 Å². The van der Waals surface area contributed by atoms with E-state index < -0.39 is 0 Å². The lowest BCUT2D eigenvalue weighted by Crippen LogP contribution is -2.13. The van der Waals surface area contributed by atoms with E-state index in [-0.39, 0.29) is 0 Å². The Morgan fingerprint density at radius 3 is 2.86 bits per heavy atom. The lowest BCUT2D eigenvalue weighted by Gasteiger charge is -2.04. The summed E-state index contributed by atoms with van der Waals surface area (Å²) in [6.07, 6.45) is 1.12. The molecule has 21 heavy (non-hydrogen) atoms. The Balaban J connectivity index is 1.82. The Bertz CT molecular complexity index is 566. The summed E-state index contributed by atoms with van der Waals surface area (Å²) in [5.74, 6) is 1.89. The molecule has 0 saturated heterocycles. The van der Waals surface area contributed by atoms with Crippen molar-refractivity contribution in [3.8, 4) is 0 Å². The van der Waals surface area contributed by atoms with Gasteiger partial charge in [-0.1, -0.05) is 30.7 Å². The van der Waals surface area contributed by atoms with Gasteiger partial charge in [-0.05, 0) is 43.7 Å². The van der Waals surface area contributed by atoms with Crippen molar-refractivity contribution in [1.82, 2.24) is 5.32 Å². The van der Waals surface area contributed by atoms with Crippen LogP contribution in [0.5, 0.6) is 0 Å². The molecule has 0 aliphatic carbocycles. The molecule has 3 nitrogen and oxygen atoms in total. The minimum atomic E-state index is 0.550. The number of ether oxygens (including phenoxy) is 1. The van der Waals surface area contributed by atoms with Crippen molar-refractivity contribution < 1.29 is 9.15 Å². The van der Waals surface area contributed by atoms with Crippen LogP contribution in [-0.2, 0) is 24.5 Å². The average Bonchev–Trinajstić information content (AvgIpc) is 2.80. The molecule has 2 aromatic rings. The monoisotopic (exact) mass is 307 g/mol. The van der Waals surface area contributed by atoms with Crippen LogP contribution in [0.15, 0.2) is 34.7 Å². The minimum absolute atomic E-state index is 0.550. The highest BCUT2D eigenvalue weighted by molar-refractivity contribution is 6.30. The number of halogens is 1. The van der Waals surface area contributed by atoms with Gasteiger partial charge >= 0.3 is 0 Å². The molecule has 1 heterocycles. The Morgan fingerprint density at radius 2 is 2.10 bits per heavy atom. The third-order valence-electron chi connectivity index (χ3n) is 3.21. The van der Waals surface area contributed by atoms with E-state index in [9.17, 15) is 0 Å². The highest BCUT2D eigenvalue weighted by Gasteiger charge is 2.07. The lowest BCUT2D eigenvalue weighted by atomic mass is 10.2. The summed E-state index contributed by atoms with van der Waals surface area (Å²) >= 11 is 5.95. The van der Waals surface area contributed by atoms with Gasteiger partial charge in [0.1, 0.15) is 11.5 Å². The van der Waals surface area contributed by atoms with E-state index >= 15 is 0 Å². The summed E-state index contributed by atoms with van der Waals surface area (Å²) in [6.45, 7) is 6.99. The molecule has 0 unspecified atom stereocenters. The van der Waals surface area contributed by atoms with E-state index in [1.807, 2.05) is 31.2 Å². The van der Waals surface area contributed by atoms with E-state index in [1.54, 1.807) is 0 Å². The molecular formula is C17H22ClNO2. The lowest BCUT2D eigenvalue weighted by molar-refractivity contribution is 0.106. The zero-order valence-electron chi connectivity index (χ0n) is 12.6. The molecule has 2 rings (SSSR count). The van der Waals surface area contributed by atoms with Crippen LogP contribution in [0.1, 0.15) is 36.0 Å². The van der Waals surface area contributed by atoms with Gasteiger partial charge in [-0.3, -0.25) is 0 Å².